The number of ether oxygens (including phenoxy) is 1. The minimum absolute atomic E-state index is 0. The third-order valence-electron chi connectivity index (χ3n) is 5.81. The molecule has 1 aliphatic rings. The van der Waals surface area contributed by atoms with Crippen molar-refractivity contribution in [3.8, 4) is 11.3 Å². The van der Waals surface area contributed by atoms with Crippen molar-refractivity contribution in [2.75, 3.05) is 13.2 Å². The maximum atomic E-state index is 11.3. The molecule has 0 saturated carbocycles. The van der Waals surface area contributed by atoms with E-state index in [-0.39, 0.29) is 44.4 Å². The maximum Gasteiger partial charge on any atom is 0.0917 e. The Bertz CT molecular complexity index is 1280. The standard InChI is InChI=1S/C22H24N5O3S.Y/c1-14-22(26(2)25-24-14)17-9-20-21(23-10-17)18-6-5-15(13-31(28)29)8-19(18)27(20)11-16-4-3-7-30-12-16;/h5-6,8-11,16H,3-4,7,12-13H2,1-2H3,(H,28,29);/q-1;/p-1. The molecule has 0 bridgehead atoms. The Morgan fingerprint density at radius 1 is 1.31 bits per heavy atom. The van der Waals surface area contributed by atoms with Crippen molar-refractivity contribution in [3.05, 3.63) is 48.3 Å². The van der Waals surface area contributed by atoms with Crippen LogP contribution in [0.15, 0.2) is 30.5 Å². The van der Waals surface area contributed by atoms with Crippen molar-refractivity contribution < 1.29 is 46.2 Å². The number of benzene rings is 1. The van der Waals surface area contributed by atoms with Crippen molar-refractivity contribution in [1.29, 1.82) is 0 Å². The molecule has 2 unspecified atom stereocenters. The van der Waals surface area contributed by atoms with Crippen molar-refractivity contribution in [2.45, 2.75) is 25.5 Å². The van der Waals surface area contributed by atoms with Gasteiger partial charge in [-0.1, -0.05) is 52.5 Å². The van der Waals surface area contributed by atoms with Gasteiger partial charge < -0.3 is 13.9 Å². The fourth-order valence-electron chi connectivity index (χ4n) is 4.42. The van der Waals surface area contributed by atoms with Gasteiger partial charge in [0, 0.05) is 76.0 Å². The van der Waals surface area contributed by atoms with Crippen LogP contribution in [0.2, 0.25) is 0 Å². The van der Waals surface area contributed by atoms with Gasteiger partial charge in [-0.05, 0) is 35.7 Å². The molecule has 1 saturated heterocycles. The number of nitrogens with zero attached hydrogens (tertiary/aromatic N) is 5. The molecule has 5 rings (SSSR count). The summed E-state index contributed by atoms with van der Waals surface area (Å²) in [5.74, 6) is 0.274. The number of rotatable bonds is 5. The van der Waals surface area contributed by atoms with Crippen molar-refractivity contribution in [1.82, 2.24) is 24.5 Å². The van der Waals surface area contributed by atoms with E-state index in [1.165, 1.54) is 0 Å². The van der Waals surface area contributed by atoms with Crippen LogP contribution in [0.25, 0.3) is 33.2 Å². The molecule has 2 atom stereocenters. The number of pyridine rings is 1. The topological polar surface area (TPSA) is 97.9 Å². The van der Waals surface area contributed by atoms with Gasteiger partial charge in [0.15, 0.2) is 0 Å². The normalized spacial score (nSPS) is 17.4. The van der Waals surface area contributed by atoms with E-state index < -0.39 is 11.1 Å². The first kappa shape index (κ1) is 23.5. The molecule has 1 radical (unpaired) electrons. The summed E-state index contributed by atoms with van der Waals surface area (Å²) in [5, 5.41) is 9.28. The molecule has 0 aliphatic carbocycles. The average molecular weight is 526 g/mol. The molecule has 32 heavy (non-hydrogen) atoms. The Kier molecular flexibility index (Phi) is 7.12. The van der Waals surface area contributed by atoms with E-state index in [0.29, 0.717) is 6.61 Å². The van der Waals surface area contributed by atoms with Crippen LogP contribution in [-0.4, -0.2) is 46.5 Å². The first-order valence-corrected chi connectivity index (χ1v) is 11.5. The van der Waals surface area contributed by atoms with E-state index in [2.05, 4.69) is 27.5 Å². The minimum atomic E-state index is -2.14. The summed E-state index contributed by atoms with van der Waals surface area (Å²) in [5.41, 5.74) is 6.27. The van der Waals surface area contributed by atoms with Crippen LogP contribution in [0, 0.1) is 19.4 Å². The van der Waals surface area contributed by atoms with Crippen molar-refractivity contribution in [3.63, 3.8) is 0 Å². The van der Waals surface area contributed by atoms with Gasteiger partial charge in [-0.3, -0.25) is 9.19 Å². The Labute approximate surface area is 213 Å². The Balaban J connectivity index is 0.00000245. The van der Waals surface area contributed by atoms with Crippen molar-refractivity contribution >= 4 is 33.0 Å². The summed E-state index contributed by atoms with van der Waals surface area (Å²) < 4.78 is 32.1. The fourth-order valence-corrected chi connectivity index (χ4v) is 4.87. The molecule has 1 fully saturated rings. The summed E-state index contributed by atoms with van der Waals surface area (Å²) in [4.78, 5) is 4.79. The number of hydrogen-bond acceptors (Lipinski definition) is 6. The second-order valence-electron chi connectivity index (χ2n) is 8.03. The van der Waals surface area contributed by atoms with Crippen molar-refractivity contribution in [2.24, 2.45) is 13.0 Å². The first-order chi connectivity index (χ1) is 15.0. The van der Waals surface area contributed by atoms with E-state index >= 15 is 0 Å². The molecule has 0 amide bonds. The first-order valence-electron chi connectivity index (χ1n) is 10.3. The van der Waals surface area contributed by atoms with Crippen LogP contribution >= 0.6 is 0 Å². The predicted molar refractivity (Wildman–Crippen MR) is 118 cm³/mol. The van der Waals surface area contributed by atoms with Gasteiger partial charge in [-0.2, -0.15) is 0 Å². The molecule has 4 heterocycles. The van der Waals surface area contributed by atoms with E-state index in [9.17, 15) is 8.76 Å². The van der Waals surface area contributed by atoms with E-state index in [4.69, 9.17) is 9.72 Å². The summed E-state index contributed by atoms with van der Waals surface area (Å²) in [6, 6.07) is 7.88. The van der Waals surface area contributed by atoms with Crippen LogP contribution in [0.5, 0.6) is 0 Å². The van der Waals surface area contributed by atoms with Crippen LogP contribution in [0.3, 0.4) is 0 Å². The largest absolute Gasteiger partial charge is 0.772 e. The molecule has 4 aromatic rings. The molecule has 1 aromatic carbocycles. The summed E-state index contributed by atoms with van der Waals surface area (Å²) in [6.07, 6.45) is 3.94. The third-order valence-corrected chi connectivity index (χ3v) is 6.38. The van der Waals surface area contributed by atoms with Gasteiger partial charge in [-0.25, -0.2) is 4.68 Å². The third kappa shape index (κ3) is 4.41. The fraction of sp³-hybridized carbons (Fsp3) is 0.364. The quantitative estimate of drug-likeness (QED) is 0.293. The molecule has 1 aliphatic heterocycles. The number of aryl methyl sites for hydroxylation is 2. The Hall–Kier alpha value is -1.65. The SMILES string of the molecule is Cc1nnn(C)c1-c1cnc2c3ccc(CS(=O)[O-])cc3n([CH-]C3CCCOC3)c2c1.[Y]. The number of aromatic nitrogens is 5. The Morgan fingerprint density at radius 3 is 2.84 bits per heavy atom. The van der Waals surface area contributed by atoms with Gasteiger partial charge in [0.05, 0.1) is 11.4 Å². The van der Waals surface area contributed by atoms with Gasteiger partial charge >= 0.3 is 0 Å². The molecule has 0 spiro atoms. The second-order valence-corrected chi connectivity index (χ2v) is 8.93. The average Bonchev–Trinajstić information content (AvgIpc) is 3.24. The van der Waals surface area contributed by atoms with Gasteiger partial charge in [0.2, 0.25) is 0 Å². The van der Waals surface area contributed by atoms with Gasteiger partial charge in [0.1, 0.15) is 0 Å². The van der Waals surface area contributed by atoms with Gasteiger partial charge in [0.25, 0.3) is 0 Å². The smallest absolute Gasteiger partial charge is 0.0917 e. The monoisotopic (exact) mass is 526 g/mol. The van der Waals surface area contributed by atoms with E-state index in [1.54, 1.807) is 4.68 Å². The van der Waals surface area contributed by atoms with Crippen LogP contribution in [0.1, 0.15) is 24.1 Å². The summed E-state index contributed by atoms with van der Waals surface area (Å²) >= 11 is -2.14. The van der Waals surface area contributed by atoms with Crippen LogP contribution in [-0.2, 0) is 61.3 Å². The van der Waals surface area contributed by atoms with Gasteiger partial charge in [-0.15, -0.1) is 11.6 Å². The minimum Gasteiger partial charge on any atom is -0.772 e. The molecule has 10 heteroatoms. The number of hydrogen-bond donors (Lipinski definition) is 0. The maximum absolute atomic E-state index is 11.3. The number of fused-ring (bicyclic) bond motifs is 3. The second kappa shape index (κ2) is 9.69. The molecule has 0 N–H and O–H groups in total. The molecular formula is C22H23N5O3SY-2. The molecular weight excluding hydrogens is 503 g/mol. The zero-order valence-corrected chi connectivity index (χ0v) is 21.7. The zero-order valence-electron chi connectivity index (χ0n) is 18.0. The predicted octanol–water partition coefficient (Wildman–Crippen LogP) is 3.11. The molecule has 165 valence electrons. The van der Waals surface area contributed by atoms with Crippen LogP contribution < -0.4 is 0 Å². The van der Waals surface area contributed by atoms with E-state index in [0.717, 1.165) is 63.9 Å². The Morgan fingerprint density at radius 2 is 2.16 bits per heavy atom. The summed E-state index contributed by atoms with van der Waals surface area (Å²) in [6.45, 7) is 5.61. The molecule has 3 aromatic heterocycles. The van der Waals surface area contributed by atoms with Crippen LogP contribution in [0.4, 0.5) is 0 Å². The molecule has 8 nitrogen and oxygen atoms in total. The zero-order chi connectivity index (χ0) is 21.5. The summed E-state index contributed by atoms with van der Waals surface area (Å²) in [7, 11) is 1.87. The van der Waals surface area contributed by atoms with E-state index in [1.807, 2.05) is 38.4 Å².